The van der Waals surface area contributed by atoms with Crippen molar-refractivity contribution < 1.29 is 14.5 Å². The summed E-state index contributed by atoms with van der Waals surface area (Å²) in [6, 6.07) is 2.27. The van der Waals surface area contributed by atoms with E-state index >= 15 is 0 Å². The average Bonchev–Trinajstić information content (AvgIpc) is 2.66. The molecule has 1 atom stereocenters. The molecule has 0 spiro atoms. The molecule has 0 aliphatic carbocycles. The number of carbonyl (C=O) groups excluding carboxylic acids is 1. The summed E-state index contributed by atoms with van der Waals surface area (Å²) >= 11 is 1.39. The number of esters is 1. The Morgan fingerprint density at radius 2 is 2.47 bits per heavy atom. The Hall–Kier alpha value is -1.43. The summed E-state index contributed by atoms with van der Waals surface area (Å²) < 4.78 is 4.64. The molecule has 0 unspecified atom stereocenters. The smallest absolute Gasteiger partial charge is 0.382 e. The molecule has 0 aliphatic heterocycles. The first-order valence-corrected chi connectivity index (χ1v) is 5.35. The predicted octanol–water partition coefficient (Wildman–Crippen LogP) is 1.50. The monoisotopic (exact) mass is 229 g/mol. The Kier molecular flexibility index (Phi) is 4.23. The molecule has 1 rings (SSSR count). The summed E-state index contributed by atoms with van der Waals surface area (Å²) in [5, 5.41) is 12.5. The second-order valence-electron chi connectivity index (χ2n) is 2.84. The highest BCUT2D eigenvalue weighted by atomic mass is 32.1. The van der Waals surface area contributed by atoms with Crippen LogP contribution in [0.3, 0.4) is 0 Å². The normalized spacial score (nSPS) is 12.1. The number of ether oxygens (including phenoxy) is 1. The van der Waals surface area contributed by atoms with E-state index in [9.17, 15) is 14.9 Å². The Morgan fingerprint density at radius 1 is 1.73 bits per heavy atom. The van der Waals surface area contributed by atoms with Crippen LogP contribution in [0.1, 0.15) is 11.8 Å². The van der Waals surface area contributed by atoms with Crippen molar-refractivity contribution in [2.24, 2.45) is 0 Å². The minimum absolute atomic E-state index is 0.101. The van der Waals surface area contributed by atoms with Crippen LogP contribution in [0, 0.1) is 10.1 Å². The summed E-state index contributed by atoms with van der Waals surface area (Å²) in [7, 11) is 0. The minimum atomic E-state index is -1.29. The van der Waals surface area contributed by atoms with Gasteiger partial charge in [-0.05, 0) is 18.4 Å². The highest BCUT2D eigenvalue weighted by molar-refractivity contribution is 7.09. The van der Waals surface area contributed by atoms with E-state index < -0.39 is 16.9 Å². The van der Waals surface area contributed by atoms with Crippen molar-refractivity contribution in [2.45, 2.75) is 19.4 Å². The molecule has 0 aromatic carbocycles. The largest absolute Gasteiger partial charge is 0.461 e. The van der Waals surface area contributed by atoms with Crippen LogP contribution in [0.25, 0.3) is 0 Å². The van der Waals surface area contributed by atoms with Gasteiger partial charge in [0.15, 0.2) is 0 Å². The molecule has 5 nitrogen and oxygen atoms in total. The maximum Gasteiger partial charge on any atom is 0.382 e. The molecule has 6 heteroatoms. The number of carbonyl (C=O) groups is 1. The fraction of sp³-hybridized carbons (Fsp3) is 0.444. The molecule has 1 aromatic heterocycles. The lowest BCUT2D eigenvalue weighted by atomic mass is 10.2. The zero-order chi connectivity index (χ0) is 11.3. The topological polar surface area (TPSA) is 69.4 Å². The van der Waals surface area contributed by atoms with Crippen molar-refractivity contribution in [3.63, 3.8) is 0 Å². The molecule has 0 saturated heterocycles. The summed E-state index contributed by atoms with van der Waals surface area (Å²) in [5.41, 5.74) is 0. The summed E-state index contributed by atoms with van der Waals surface area (Å²) in [5.74, 6) is -0.768. The van der Waals surface area contributed by atoms with Gasteiger partial charge in [0.25, 0.3) is 0 Å². The van der Waals surface area contributed by atoms with Gasteiger partial charge in [0.1, 0.15) is 0 Å². The maximum absolute atomic E-state index is 11.3. The lowest BCUT2D eigenvalue weighted by Crippen LogP contribution is -2.33. The van der Waals surface area contributed by atoms with E-state index in [1.54, 1.807) is 19.1 Å². The van der Waals surface area contributed by atoms with E-state index in [2.05, 4.69) is 4.74 Å². The van der Waals surface area contributed by atoms with E-state index in [4.69, 9.17) is 0 Å². The number of hydrogen-bond donors (Lipinski definition) is 0. The Labute approximate surface area is 90.8 Å². The molecule has 1 aromatic rings. The maximum atomic E-state index is 11.3. The molecular weight excluding hydrogens is 218 g/mol. The van der Waals surface area contributed by atoms with Gasteiger partial charge >= 0.3 is 12.0 Å². The quantitative estimate of drug-likeness (QED) is 0.436. The molecule has 1 heterocycles. The van der Waals surface area contributed by atoms with E-state index in [0.717, 1.165) is 4.88 Å². The van der Waals surface area contributed by atoms with E-state index in [0.29, 0.717) is 0 Å². The molecule has 0 bridgehead atoms. The van der Waals surface area contributed by atoms with Crippen molar-refractivity contribution in [2.75, 3.05) is 6.61 Å². The highest BCUT2D eigenvalue weighted by Crippen LogP contribution is 2.13. The summed E-state index contributed by atoms with van der Waals surface area (Å²) in [4.78, 5) is 22.1. The van der Waals surface area contributed by atoms with Gasteiger partial charge < -0.3 is 4.74 Å². The van der Waals surface area contributed by atoms with Crippen LogP contribution in [0.5, 0.6) is 0 Å². The van der Waals surface area contributed by atoms with E-state index in [-0.39, 0.29) is 13.0 Å². The van der Waals surface area contributed by atoms with Gasteiger partial charge in [-0.15, -0.1) is 11.3 Å². The molecule has 0 fully saturated rings. The molecule has 0 amide bonds. The van der Waals surface area contributed by atoms with Crippen LogP contribution in [0.4, 0.5) is 0 Å². The van der Waals surface area contributed by atoms with Crippen molar-refractivity contribution in [3.05, 3.63) is 32.5 Å². The molecule has 0 saturated carbocycles. The van der Waals surface area contributed by atoms with Crippen molar-refractivity contribution in [3.8, 4) is 0 Å². The minimum Gasteiger partial charge on any atom is -0.461 e. The molecule has 82 valence electrons. The number of hydrogen-bond acceptors (Lipinski definition) is 5. The lowest BCUT2D eigenvalue weighted by molar-refractivity contribution is -0.510. The number of rotatable bonds is 5. The van der Waals surface area contributed by atoms with Gasteiger partial charge in [-0.2, -0.15) is 0 Å². The number of nitrogens with zero attached hydrogens (tertiary/aromatic N) is 1. The number of nitro groups is 1. The first-order valence-electron chi connectivity index (χ1n) is 4.47. The third-order valence-corrected chi connectivity index (χ3v) is 2.69. The molecule has 0 radical (unpaired) electrons. The fourth-order valence-corrected chi connectivity index (χ4v) is 1.84. The van der Waals surface area contributed by atoms with E-state index in [1.807, 2.05) is 5.38 Å². The first-order chi connectivity index (χ1) is 7.15. The second kappa shape index (κ2) is 5.45. The van der Waals surface area contributed by atoms with Gasteiger partial charge in [-0.25, -0.2) is 4.79 Å². The van der Waals surface area contributed by atoms with Gasteiger partial charge in [0.2, 0.25) is 0 Å². The van der Waals surface area contributed by atoms with Gasteiger partial charge in [0, 0.05) is 9.80 Å². The lowest BCUT2D eigenvalue weighted by Gasteiger charge is -2.06. The van der Waals surface area contributed by atoms with Crippen molar-refractivity contribution in [1.82, 2.24) is 0 Å². The molecule has 15 heavy (non-hydrogen) atoms. The Balaban J connectivity index is 2.66. The van der Waals surface area contributed by atoms with Crippen LogP contribution < -0.4 is 0 Å². The first kappa shape index (κ1) is 11.6. The van der Waals surface area contributed by atoms with Crippen LogP contribution in [0.2, 0.25) is 0 Å². The molecule has 0 aliphatic rings. The van der Waals surface area contributed by atoms with Gasteiger partial charge in [-0.1, -0.05) is 6.07 Å². The average molecular weight is 229 g/mol. The second-order valence-corrected chi connectivity index (χ2v) is 3.87. The summed E-state index contributed by atoms with van der Waals surface area (Å²) in [6.45, 7) is 1.79. The highest BCUT2D eigenvalue weighted by Gasteiger charge is 2.31. The van der Waals surface area contributed by atoms with Crippen LogP contribution in [-0.2, 0) is 16.0 Å². The SMILES string of the molecule is CCOC(=O)[C@H](Cc1cccs1)[N+](=O)[O-]. The Morgan fingerprint density at radius 3 is 2.93 bits per heavy atom. The fourth-order valence-electron chi connectivity index (χ4n) is 1.10. The summed E-state index contributed by atoms with van der Waals surface area (Å²) in [6.07, 6.45) is 0.101. The van der Waals surface area contributed by atoms with Crippen LogP contribution >= 0.6 is 11.3 Å². The molecular formula is C9H11NO4S. The Bertz CT molecular complexity index is 336. The van der Waals surface area contributed by atoms with Crippen molar-refractivity contribution in [1.29, 1.82) is 0 Å². The van der Waals surface area contributed by atoms with Gasteiger partial charge in [-0.3, -0.25) is 10.1 Å². The van der Waals surface area contributed by atoms with Crippen LogP contribution in [0.15, 0.2) is 17.5 Å². The predicted molar refractivity (Wildman–Crippen MR) is 55.4 cm³/mol. The van der Waals surface area contributed by atoms with Crippen molar-refractivity contribution >= 4 is 17.3 Å². The zero-order valence-corrected chi connectivity index (χ0v) is 9.03. The van der Waals surface area contributed by atoms with Gasteiger partial charge in [0.05, 0.1) is 13.0 Å². The van der Waals surface area contributed by atoms with E-state index in [1.165, 1.54) is 11.3 Å². The number of thiophene rings is 1. The zero-order valence-electron chi connectivity index (χ0n) is 8.21. The molecule has 0 N–H and O–H groups in total. The third-order valence-electron chi connectivity index (χ3n) is 1.79. The third kappa shape index (κ3) is 3.32. The van der Waals surface area contributed by atoms with Crippen LogP contribution in [-0.4, -0.2) is 23.5 Å². The standard InChI is InChI=1S/C9H11NO4S/c1-2-14-9(11)8(10(12)13)6-7-4-3-5-15-7/h3-5,8H,2,6H2,1H3/t8-/m0/s1.